The van der Waals surface area contributed by atoms with Crippen LogP contribution in [0.5, 0.6) is 5.75 Å². The predicted octanol–water partition coefficient (Wildman–Crippen LogP) is 3.17. The molecule has 0 unspecified atom stereocenters. The summed E-state index contributed by atoms with van der Waals surface area (Å²) >= 11 is 0. The average molecular weight is 423 g/mol. The van der Waals surface area contributed by atoms with Crippen LogP contribution in [0.15, 0.2) is 29.3 Å². The minimum Gasteiger partial charge on any atom is -0.435 e. The normalized spacial score (nSPS) is 23.9. The number of halogens is 3. The van der Waals surface area contributed by atoms with E-state index in [2.05, 4.69) is 9.73 Å². The fourth-order valence-corrected chi connectivity index (χ4v) is 2.56. The molecular formula is C15H20F2IN3O. The SMILES string of the molecule is CN(C(N)=N[C@H]1C[C@@H]1c1ccccc1OC(F)F)C1CC1.I. The summed E-state index contributed by atoms with van der Waals surface area (Å²) in [6.07, 6.45) is 3.14. The molecule has 0 aliphatic heterocycles. The number of hydrogen-bond donors (Lipinski definition) is 1. The Morgan fingerprint density at radius 2 is 2.05 bits per heavy atom. The zero-order valence-corrected chi connectivity index (χ0v) is 14.6. The van der Waals surface area contributed by atoms with Gasteiger partial charge in [0.15, 0.2) is 5.96 Å². The van der Waals surface area contributed by atoms with E-state index in [1.165, 1.54) is 0 Å². The highest BCUT2D eigenvalue weighted by Gasteiger charge is 2.41. The number of para-hydroxylation sites is 1. The van der Waals surface area contributed by atoms with E-state index in [0.29, 0.717) is 12.0 Å². The minimum atomic E-state index is -2.81. The lowest BCUT2D eigenvalue weighted by Crippen LogP contribution is -2.36. The molecule has 0 aromatic heterocycles. The smallest absolute Gasteiger partial charge is 0.387 e. The van der Waals surface area contributed by atoms with Crippen molar-refractivity contribution < 1.29 is 13.5 Å². The van der Waals surface area contributed by atoms with Gasteiger partial charge >= 0.3 is 6.61 Å². The molecule has 2 aliphatic carbocycles. The number of ether oxygens (including phenoxy) is 1. The number of hydrogen-bond acceptors (Lipinski definition) is 2. The number of rotatable bonds is 5. The monoisotopic (exact) mass is 423 g/mol. The number of benzene rings is 1. The van der Waals surface area contributed by atoms with Gasteiger partial charge in [-0.15, -0.1) is 24.0 Å². The molecule has 0 spiro atoms. The van der Waals surface area contributed by atoms with Crippen LogP contribution in [0.4, 0.5) is 8.78 Å². The number of aliphatic imine (C=N–C) groups is 1. The molecule has 0 saturated heterocycles. The van der Waals surface area contributed by atoms with Crippen LogP contribution in [0.25, 0.3) is 0 Å². The van der Waals surface area contributed by atoms with Crippen LogP contribution in [0.1, 0.15) is 30.7 Å². The van der Waals surface area contributed by atoms with Crippen molar-refractivity contribution in [2.75, 3.05) is 7.05 Å². The summed E-state index contributed by atoms with van der Waals surface area (Å²) in [5.74, 6) is 0.896. The van der Waals surface area contributed by atoms with Crippen molar-refractivity contribution in [3.8, 4) is 5.75 Å². The van der Waals surface area contributed by atoms with E-state index >= 15 is 0 Å². The van der Waals surface area contributed by atoms with E-state index in [9.17, 15) is 8.78 Å². The summed E-state index contributed by atoms with van der Waals surface area (Å²) in [7, 11) is 1.95. The number of alkyl halides is 2. The van der Waals surface area contributed by atoms with Crippen LogP contribution in [0, 0.1) is 0 Å². The number of guanidine groups is 1. The van der Waals surface area contributed by atoms with Crippen molar-refractivity contribution in [1.82, 2.24) is 4.90 Å². The maximum absolute atomic E-state index is 12.4. The molecule has 1 aromatic carbocycles. The highest BCUT2D eigenvalue weighted by molar-refractivity contribution is 14.0. The average Bonchev–Trinajstić information content (AvgIpc) is 3.33. The largest absolute Gasteiger partial charge is 0.435 e. The lowest BCUT2D eigenvalue weighted by atomic mass is 10.1. The first-order chi connectivity index (χ1) is 10.1. The van der Waals surface area contributed by atoms with Gasteiger partial charge in [0.1, 0.15) is 5.75 Å². The van der Waals surface area contributed by atoms with Crippen molar-refractivity contribution >= 4 is 29.9 Å². The molecule has 3 rings (SSSR count). The molecule has 22 heavy (non-hydrogen) atoms. The van der Waals surface area contributed by atoms with Gasteiger partial charge < -0.3 is 15.4 Å². The van der Waals surface area contributed by atoms with Crippen LogP contribution < -0.4 is 10.5 Å². The van der Waals surface area contributed by atoms with Crippen LogP contribution in [-0.4, -0.2) is 36.6 Å². The van der Waals surface area contributed by atoms with Gasteiger partial charge in [-0.25, -0.2) is 4.99 Å². The summed E-state index contributed by atoms with van der Waals surface area (Å²) in [5.41, 5.74) is 6.77. The van der Waals surface area contributed by atoms with E-state index in [0.717, 1.165) is 24.8 Å². The number of nitrogens with zero attached hydrogens (tertiary/aromatic N) is 2. The predicted molar refractivity (Wildman–Crippen MR) is 92.0 cm³/mol. The molecule has 7 heteroatoms. The maximum atomic E-state index is 12.4. The second kappa shape index (κ2) is 6.97. The van der Waals surface area contributed by atoms with E-state index < -0.39 is 6.61 Å². The molecule has 0 amide bonds. The Bertz CT molecular complexity index is 551. The van der Waals surface area contributed by atoms with Crippen LogP contribution >= 0.6 is 24.0 Å². The lowest BCUT2D eigenvalue weighted by Gasteiger charge is -2.17. The van der Waals surface area contributed by atoms with Crippen molar-refractivity contribution in [1.29, 1.82) is 0 Å². The third-order valence-electron chi connectivity index (χ3n) is 4.05. The molecule has 2 saturated carbocycles. The lowest BCUT2D eigenvalue weighted by molar-refractivity contribution is -0.0504. The Hall–Kier alpha value is -1.12. The van der Waals surface area contributed by atoms with Crippen molar-refractivity contribution in [3.05, 3.63) is 29.8 Å². The van der Waals surface area contributed by atoms with E-state index in [1.807, 2.05) is 24.1 Å². The molecule has 4 nitrogen and oxygen atoms in total. The standard InChI is InChI=1S/C15H19F2N3O.HI/c1-20(9-6-7-9)15(18)19-12-8-11(12)10-4-2-3-5-13(10)21-14(16)17;/h2-5,9,11-12,14H,6-8H2,1H3,(H2,18,19);1H/t11-,12+;/m1./s1. The van der Waals surface area contributed by atoms with Gasteiger partial charge in [0.05, 0.1) is 6.04 Å². The molecular weight excluding hydrogens is 403 g/mol. The first kappa shape index (κ1) is 17.2. The van der Waals surface area contributed by atoms with Gasteiger partial charge in [-0.3, -0.25) is 0 Å². The van der Waals surface area contributed by atoms with Crippen LogP contribution in [-0.2, 0) is 0 Å². The Kier molecular flexibility index (Phi) is 5.46. The van der Waals surface area contributed by atoms with Crippen molar-refractivity contribution in [3.63, 3.8) is 0 Å². The summed E-state index contributed by atoms with van der Waals surface area (Å²) < 4.78 is 29.4. The van der Waals surface area contributed by atoms with E-state index in [-0.39, 0.29) is 41.7 Å². The molecule has 2 N–H and O–H groups in total. The fraction of sp³-hybridized carbons (Fsp3) is 0.533. The molecule has 0 radical (unpaired) electrons. The fourth-order valence-electron chi connectivity index (χ4n) is 2.56. The van der Waals surface area contributed by atoms with Gasteiger partial charge in [0, 0.05) is 19.0 Å². The Morgan fingerprint density at radius 1 is 1.36 bits per heavy atom. The van der Waals surface area contributed by atoms with Gasteiger partial charge in [0.25, 0.3) is 0 Å². The van der Waals surface area contributed by atoms with Crippen molar-refractivity contribution in [2.45, 2.75) is 43.9 Å². The quantitative estimate of drug-likeness (QED) is 0.450. The zero-order chi connectivity index (χ0) is 15.0. The summed E-state index contributed by atoms with van der Waals surface area (Å²) in [6, 6.07) is 7.48. The van der Waals surface area contributed by atoms with Gasteiger partial charge in [-0.05, 0) is 30.9 Å². The molecule has 0 heterocycles. The molecule has 2 fully saturated rings. The molecule has 2 aliphatic rings. The molecule has 122 valence electrons. The van der Waals surface area contributed by atoms with Crippen LogP contribution in [0.2, 0.25) is 0 Å². The summed E-state index contributed by atoms with van der Waals surface area (Å²) in [5, 5.41) is 0. The first-order valence-corrected chi connectivity index (χ1v) is 7.16. The van der Waals surface area contributed by atoms with Crippen LogP contribution in [0.3, 0.4) is 0 Å². The Labute approximate surface area is 145 Å². The second-order valence-corrected chi connectivity index (χ2v) is 5.66. The third kappa shape index (κ3) is 3.99. The molecule has 2 atom stereocenters. The summed E-state index contributed by atoms with van der Waals surface area (Å²) in [4.78, 5) is 6.50. The van der Waals surface area contributed by atoms with E-state index in [1.54, 1.807) is 12.1 Å². The molecule has 0 bridgehead atoms. The van der Waals surface area contributed by atoms with Crippen molar-refractivity contribution in [2.24, 2.45) is 10.7 Å². The number of nitrogens with two attached hydrogens (primary N) is 1. The second-order valence-electron chi connectivity index (χ2n) is 5.66. The van der Waals surface area contributed by atoms with Gasteiger partial charge in [-0.2, -0.15) is 8.78 Å². The first-order valence-electron chi connectivity index (χ1n) is 7.16. The highest BCUT2D eigenvalue weighted by Crippen LogP contribution is 2.47. The Morgan fingerprint density at radius 3 is 2.68 bits per heavy atom. The summed E-state index contributed by atoms with van der Waals surface area (Å²) in [6.45, 7) is -2.81. The van der Waals surface area contributed by atoms with Gasteiger partial charge in [0.2, 0.25) is 0 Å². The zero-order valence-electron chi connectivity index (χ0n) is 12.3. The van der Waals surface area contributed by atoms with Gasteiger partial charge in [-0.1, -0.05) is 18.2 Å². The Balaban J connectivity index is 0.00000176. The minimum absolute atomic E-state index is 0. The molecule has 1 aromatic rings. The van der Waals surface area contributed by atoms with E-state index in [4.69, 9.17) is 5.73 Å². The topological polar surface area (TPSA) is 50.8 Å². The maximum Gasteiger partial charge on any atom is 0.387 e. The highest BCUT2D eigenvalue weighted by atomic mass is 127. The third-order valence-corrected chi connectivity index (χ3v) is 4.05.